The van der Waals surface area contributed by atoms with E-state index in [4.69, 9.17) is 22.1 Å². The van der Waals surface area contributed by atoms with Crippen LogP contribution in [-0.4, -0.2) is 58.6 Å². The van der Waals surface area contributed by atoms with E-state index < -0.39 is 0 Å². The molecule has 3 fully saturated rings. The van der Waals surface area contributed by atoms with Crippen molar-refractivity contribution in [1.29, 1.82) is 0 Å². The molecular weight excluding hydrogens is 382 g/mol. The van der Waals surface area contributed by atoms with Crippen molar-refractivity contribution in [3.05, 3.63) is 34.6 Å². The zero-order valence-corrected chi connectivity index (χ0v) is 18.3. The Morgan fingerprint density at radius 2 is 1.79 bits per heavy atom. The molecule has 1 aromatic carbocycles. The number of aromatic nitrogens is 3. The molecular formula is C22H31N5OS. The second kappa shape index (κ2) is 7.85. The van der Waals surface area contributed by atoms with Crippen LogP contribution >= 0.6 is 12.2 Å². The molecule has 1 saturated heterocycles. The molecule has 6 nitrogen and oxygen atoms in total. The summed E-state index contributed by atoms with van der Waals surface area (Å²) in [6, 6.07) is 9.12. The van der Waals surface area contributed by atoms with Gasteiger partial charge in [0.25, 0.3) is 0 Å². The van der Waals surface area contributed by atoms with Gasteiger partial charge in [-0.15, -0.1) is 5.10 Å². The SMILES string of the molecule is Cc1ccccc1-n1c(N2CCOCC2)nn(CN(C)C(C2CC2)C2CC2)c1=S. The highest BCUT2D eigenvalue weighted by Crippen LogP contribution is 2.47. The van der Waals surface area contributed by atoms with E-state index in [1.165, 1.54) is 31.2 Å². The zero-order chi connectivity index (χ0) is 20.0. The Labute approximate surface area is 178 Å². The molecule has 1 aliphatic heterocycles. The molecule has 0 atom stereocenters. The Kier molecular flexibility index (Phi) is 5.22. The number of morpholine rings is 1. The third kappa shape index (κ3) is 3.88. The minimum absolute atomic E-state index is 0.687. The maximum Gasteiger partial charge on any atom is 0.230 e. The molecule has 29 heavy (non-hydrogen) atoms. The van der Waals surface area contributed by atoms with Gasteiger partial charge < -0.3 is 9.64 Å². The lowest BCUT2D eigenvalue weighted by atomic mass is 10.1. The van der Waals surface area contributed by atoms with E-state index in [2.05, 4.69) is 52.6 Å². The van der Waals surface area contributed by atoms with Crippen LogP contribution in [0.25, 0.3) is 5.69 Å². The van der Waals surface area contributed by atoms with Gasteiger partial charge in [-0.1, -0.05) is 18.2 Å². The van der Waals surface area contributed by atoms with Gasteiger partial charge in [-0.05, 0) is 75.3 Å². The monoisotopic (exact) mass is 413 g/mol. The number of aryl methyl sites for hydroxylation is 1. The van der Waals surface area contributed by atoms with Gasteiger partial charge in [-0.3, -0.25) is 9.47 Å². The molecule has 0 unspecified atom stereocenters. The summed E-state index contributed by atoms with van der Waals surface area (Å²) in [5.74, 6) is 2.69. The molecule has 7 heteroatoms. The Balaban J connectivity index is 1.50. The average Bonchev–Trinajstić information content (AvgIpc) is 3.65. The Morgan fingerprint density at radius 3 is 2.41 bits per heavy atom. The maximum atomic E-state index is 5.97. The fourth-order valence-corrected chi connectivity index (χ4v) is 5.05. The van der Waals surface area contributed by atoms with Gasteiger partial charge >= 0.3 is 0 Å². The van der Waals surface area contributed by atoms with Crippen molar-refractivity contribution in [3.63, 3.8) is 0 Å². The molecule has 2 aliphatic carbocycles. The van der Waals surface area contributed by atoms with Crippen LogP contribution in [0.4, 0.5) is 5.95 Å². The first-order valence-corrected chi connectivity index (χ1v) is 11.3. The van der Waals surface area contributed by atoms with Gasteiger partial charge in [0.2, 0.25) is 10.7 Å². The minimum Gasteiger partial charge on any atom is -0.378 e. The largest absolute Gasteiger partial charge is 0.378 e. The second-order valence-corrected chi connectivity index (χ2v) is 9.23. The quantitative estimate of drug-likeness (QED) is 0.648. The van der Waals surface area contributed by atoms with E-state index in [1.807, 2.05) is 4.68 Å². The molecule has 0 bridgehead atoms. The van der Waals surface area contributed by atoms with Crippen molar-refractivity contribution in [1.82, 2.24) is 19.2 Å². The molecule has 2 heterocycles. The van der Waals surface area contributed by atoms with Crippen LogP contribution < -0.4 is 4.90 Å². The second-order valence-electron chi connectivity index (χ2n) is 8.87. The fraction of sp³-hybridized carbons (Fsp3) is 0.636. The summed E-state index contributed by atoms with van der Waals surface area (Å²) in [4.78, 5) is 4.81. The number of nitrogens with zero attached hydrogens (tertiary/aromatic N) is 5. The van der Waals surface area contributed by atoms with Gasteiger partial charge in [-0.25, -0.2) is 4.68 Å². The minimum atomic E-state index is 0.687. The molecule has 0 N–H and O–H groups in total. The Hall–Kier alpha value is -1.70. The molecule has 2 saturated carbocycles. The van der Waals surface area contributed by atoms with Crippen LogP contribution in [0, 0.1) is 23.5 Å². The molecule has 0 radical (unpaired) electrons. The number of hydrogen-bond acceptors (Lipinski definition) is 5. The molecule has 156 valence electrons. The van der Waals surface area contributed by atoms with E-state index in [1.54, 1.807) is 0 Å². The summed E-state index contributed by atoms with van der Waals surface area (Å²) in [5.41, 5.74) is 2.33. The predicted octanol–water partition coefficient (Wildman–Crippen LogP) is 3.63. The summed E-state index contributed by atoms with van der Waals surface area (Å²) in [6.07, 6.45) is 5.53. The first-order valence-electron chi connectivity index (χ1n) is 10.9. The number of rotatable bonds is 7. The summed E-state index contributed by atoms with van der Waals surface area (Å²) >= 11 is 5.97. The molecule has 5 rings (SSSR count). The Morgan fingerprint density at radius 1 is 1.14 bits per heavy atom. The number of para-hydroxylation sites is 1. The molecule has 3 aliphatic rings. The van der Waals surface area contributed by atoms with Crippen molar-refractivity contribution in [2.45, 2.75) is 45.3 Å². The standard InChI is InChI=1S/C22H31N5OS/c1-16-5-3-4-6-19(16)27-21(25-11-13-28-14-12-25)23-26(22(27)29)15-24(2)20(17-7-8-17)18-9-10-18/h3-6,17-18,20H,7-15H2,1-2H3. The normalized spacial score (nSPS) is 20.1. The molecule has 1 aromatic heterocycles. The highest BCUT2D eigenvalue weighted by molar-refractivity contribution is 7.71. The van der Waals surface area contributed by atoms with Crippen molar-refractivity contribution in [2.75, 3.05) is 38.3 Å². The third-order valence-corrected chi connectivity index (χ3v) is 6.94. The lowest BCUT2D eigenvalue weighted by Gasteiger charge is -2.28. The predicted molar refractivity (Wildman–Crippen MR) is 117 cm³/mol. The summed E-state index contributed by atoms with van der Waals surface area (Å²) in [5, 5.41) is 5.04. The highest BCUT2D eigenvalue weighted by Gasteiger charge is 2.43. The van der Waals surface area contributed by atoms with Crippen LogP contribution in [-0.2, 0) is 11.4 Å². The topological polar surface area (TPSA) is 38.5 Å². The van der Waals surface area contributed by atoms with Crippen LogP contribution in [0.5, 0.6) is 0 Å². The number of hydrogen-bond donors (Lipinski definition) is 0. The average molecular weight is 414 g/mol. The van der Waals surface area contributed by atoms with E-state index in [-0.39, 0.29) is 0 Å². The van der Waals surface area contributed by atoms with E-state index >= 15 is 0 Å². The number of anilines is 1. The lowest BCUT2D eigenvalue weighted by molar-refractivity contribution is 0.121. The fourth-order valence-electron chi connectivity index (χ4n) is 4.77. The summed E-state index contributed by atoms with van der Waals surface area (Å²) in [7, 11) is 2.25. The maximum absolute atomic E-state index is 5.97. The van der Waals surface area contributed by atoms with E-state index in [0.29, 0.717) is 6.04 Å². The van der Waals surface area contributed by atoms with Crippen LogP contribution in [0.15, 0.2) is 24.3 Å². The molecule has 2 aromatic rings. The van der Waals surface area contributed by atoms with Gasteiger partial charge in [0.05, 0.1) is 25.6 Å². The zero-order valence-electron chi connectivity index (χ0n) is 17.5. The van der Waals surface area contributed by atoms with Gasteiger partial charge in [0, 0.05) is 19.1 Å². The van der Waals surface area contributed by atoms with Crippen LogP contribution in [0.2, 0.25) is 0 Å². The summed E-state index contributed by atoms with van der Waals surface area (Å²) < 4.78 is 10.5. The number of ether oxygens (including phenoxy) is 1. The molecule has 0 spiro atoms. The Bertz CT molecular complexity index is 912. The van der Waals surface area contributed by atoms with E-state index in [0.717, 1.165) is 61.2 Å². The van der Waals surface area contributed by atoms with Gasteiger partial charge in [0.15, 0.2) is 0 Å². The smallest absolute Gasteiger partial charge is 0.230 e. The first-order chi connectivity index (χ1) is 14.1. The van der Waals surface area contributed by atoms with Crippen LogP contribution in [0.1, 0.15) is 31.2 Å². The third-order valence-electron chi connectivity index (χ3n) is 6.55. The van der Waals surface area contributed by atoms with Crippen LogP contribution in [0.3, 0.4) is 0 Å². The van der Waals surface area contributed by atoms with E-state index in [9.17, 15) is 0 Å². The van der Waals surface area contributed by atoms with Crippen molar-refractivity contribution in [2.24, 2.45) is 11.8 Å². The highest BCUT2D eigenvalue weighted by atomic mass is 32.1. The van der Waals surface area contributed by atoms with Gasteiger partial charge in [-0.2, -0.15) is 0 Å². The van der Waals surface area contributed by atoms with Crippen molar-refractivity contribution >= 4 is 18.2 Å². The van der Waals surface area contributed by atoms with Gasteiger partial charge in [0.1, 0.15) is 0 Å². The van der Waals surface area contributed by atoms with Crippen molar-refractivity contribution in [3.8, 4) is 5.69 Å². The first kappa shape index (κ1) is 19.3. The molecule has 0 amide bonds. The number of benzene rings is 1. The lowest BCUT2D eigenvalue weighted by Crippen LogP contribution is -2.38. The van der Waals surface area contributed by atoms with Crippen molar-refractivity contribution < 1.29 is 4.74 Å². The summed E-state index contributed by atoms with van der Waals surface area (Å²) in [6.45, 7) is 6.06.